The Balaban J connectivity index is 2.42. The Bertz CT molecular complexity index is 491. The molecule has 2 N–H and O–H groups in total. The highest BCUT2D eigenvalue weighted by Gasteiger charge is 2.10. The highest BCUT2D eigenvalue weighted by Crippen LogP contribution is 2.22. The lowest BCUT2D eigenvalue weighted by Crippen LogP contribution is -2.04. The summed E-state index contributed by atoms with van der Waals surface area (Å²) < 4.78 is 0. The number of hydrogen-bond acceptors (Lipinski definition) is 2. The second kappa shape index (κ2) is 4.04. The van der Waals surface area contributed by atoms with Crippen molar-refractivity contribution in [2.24, 2.45) is 0 Å². The van der Waals surface area contributed by atoms with Gasteiger partial charge in [-0.25, -0.2) is 4.98 Å². The fourth-order valence-electron chi connectivity index (χ4n) is 1.22. The molecule has 0 fully saturated rings. The molecule has 15 heavy (non-hydrogen) atoms. The molecule has 0 saturated carbocycles. The van der Waals surface area contributed by atoms with E-state index in [1.54, 1.807) is 30.6 Å². The summed E-state index contributed by atoms with van der Waals surface area (Å²) >= 11 is 11.7. The summed E-state index contributed by atoms with van der Waals surface area (Å²) in [6.07, 6.45) is 3.25. The third-order valence-electron chi connectivity index (χ3n) is 1.94. The van der Waals surface area contributed by atoms with E-state index in [1.165, 1.54) is 0 Å². The molecule has 0 amide bonds. The molecular weight excluding hydrogens is 233 g/mol. The number of hydrogen-bond donors (Lipinski definition) is 2. The van der Waals surface area contributed by atoms with Crippen LogP contribution < -0.4 is 0 Å². The number of imidazole rings is 1. The molecule has 0 aliphatic carbocycles. The van der Waals surface area contributed by atoms with Crippen molar-refractivity contribution in [1.82, 2.24) is 9.97 Å². The Morgan fingerprint density at radius 2 is 2.13 bits per heavy atom. The lowest BCUT2D eigenvalue weighted by atomic mass is 10.1. The molecule has 5 heteroatoms. The van der Waals surface area contributed by atoms with Crippen LogP contribution >= 0.6 is 23.2 Å². The van der Waals surface area contributed by atoms with E-state index in [2.05, 4.69) is 9.97 Å². The van der Waals surface area contributed by atoms with Crippen LogP contribution in [0, 0.1) is 5.41 Å². The molecule has 0 radical (unpaired) electrons. The summed E-state index contributed by atoms with van der Waals surface area (Å²) in [7, 11) is 0. The molecule has 2 rings (SSSR count). The Morgan fingerprint density at radius 3 is 2.73 bits per heavy atom. The van der Waals surface area contributed by atoms with Gasteiger partial charge in [-0.15, -0.1) is 0 Å². The lowest BCUT2D eigenvalue weighted by molar-refractivity contribution is 1.24. The number of aromatic amines is 1. The monoisotopic (exact) mass is 239 g/mol. The third kappa shape index (κ3) is 2.03. The van der Waals surface area contributed by atoms with Crippen LogP contribution in [0.3, 0.4) is 0 Å². The number of benzene rings is 1. The average molecular weight is 240 g/mol. The molecule has 0 atom stereocenters. The second-order valence-electron chi connectivity index (χ2n) is 2.94. The first kappa shape index (κ1) is 10.2. The summed E-state index contributed by atoms with van der Waals surface area (Å²) in [5.41, 5.74) is 0.859. The van der Waals surface area contributed by atoms with Gasteiger partial charge in [-0.2, -0.15) is 0 Å². The predicted molar refractivity (Wildman–Crippen MR) is 61.0 cm³/mol. The van der Waals surface area contributed by atoms with Gasteiger partial charge in [0.05, 0.1) is 5.02 Å². The van der Waals surface area contributed by atoms with E-state index < -0.39 is 0 Å². The van der Waals surface area contributed by atoms with Crippen LogP contribution in [0.15, 0.2) is 30.6 Å². The number of H-pyrrole nitrogens is 1. The predicted octanol–water partition coefficient (Wildman–Crippen LogP) is 3.13. The van der Waals surface area contributed by atoms with E-state index in [9.17, 15) is 0 Å². The SMILES string of the molecule is N=C(c1ncc[nH]1)c1ccc(Cl)cc1Cl. The third-order valence-corrected chi connectivity index (χ3v) is 2.48. The summed E-state index contributed by atoms with van der Waals surface area (Å²) in [5.74, 6) is 0.485. The van der Waals surface area contributed by atoms with Crippen molar-refractivity contribution in [2.75, 3.05) is 0 Å². The van der Waals surface area contributed by atoms with Gasteiger partial charge < -0.3 is 4.98 Å². The topological polar surface area (TPSA) is 52.5 Å². The highest BCUT2D eigenvalue weighted by molar-refractivity contribution is 6.37. The van der Waals surface area contributed by atoms with Crippen LogP contribution in [0.25, 0.3) is 0 Å². The van der Waals surface area contributed by atoms with Gasteiger partial charge >= 0.3 is 0 Å². The summed E-state index contributed by atoms with van der Waals surface area (Å²) in [6.45, 7) is 0. The Labute approximate surface area is 96.6 Å². The normalized spacial score (nSPS) is 10.3. The molecule has 0 aliphatic heterocycles. The standard InChI is InChI=1S/C10H7Cl2N3/c11-6-1-2-7(8(12)5-6)9(13)10-14-3-4-15-10/h1-5,13H,(H,14,15). The van der Waals surface area contributed by atoms with Crippen molar-refractivity contribution in [3.8, 4) is 0 Å². The van der Waals surface area contributed by atoms with Crippen molar-refractivity contribution >= 4 is 28.9 Å². The number of halogens is 2. The zero-order valence-electron chi connectivity index (χ0n) is 7.59. The molecule has 2 aromatic rings. The summed E-state index contributed by atoms with van der Waals surface area (Å²) in [5, 5.41) is 8.88. The Hall–Kier alpha value is -1.32. The number of rotatable bonds is 2. The van der Waals surface area contributed by atoms with E-state index >= 15 is 0 Å². The summed E-state index contributed by atoms with van der Waals surface area (Å²) in [6, 6.07) is 5.01. The van der Waals surface area contributed by atoms with E-state index in [0.717, 1.165) is 0 Å². The molecule has 76 valence electrons. The second-order valence-corrected chi connectivity index (χ2v) is 3.78. The van der Waals surface area contributed by atoms with E-state index in [4.69, 9.17) is 28.6 Å². The van der Waals surface area contributed by atoms with E-state index in [0.29, 0.717) is 21.4 Å². The first-order chi connectivity index (χ1) is 7.18. The van der Waals surface area contributed by atoms with Crippen LogP contribution in [0.1, 0.15) is 11.4 Å². The molecule has 0 spiro atoms. The molecule has 0 saturated heterocycles. The van der Waals surface area contributed by atoms with Gasteiger partial charge in [0.2, 0.25) is 0 Å². The zero-order chi connectivity index (χ0) is 10.8. The molecule has 1 aromatic heterocycles. The lowest BCUT2D eigenvalue weighted by Gasteiger charge is -2.03. The van der Waals surface area contributed by atoms with Gasteiger partial charge in [0.1, 0.15) is 5.71 Å². The van der Waals surface area contributed by atoms with Crippen molar-refractivity contribution in [2.45, 2.75) is 0 Å². The van der Waals surface area contributed by atoms with Crippen molar-refractivity contribution in [3.63, 3.8) is 0 Å². The molecule has 0 bridgehead atoms. The Morgan fingerprint density at radius 1 is 1.33 bits per heavy atom. The van der Waals surface area contributed by atoms with Gasteiger partial charge in [-0.1, -0.05) is 23.2 Å². The van der Waals surface area contributed by atoms with Crippen molar-refractivity contribution in [1.29, 1.82) is 5.41 Å². The first-order valence-corrected chi connectivity index (χ1v) is 4.98. The van der Waals surface area contributed by atoms with Gasteiger partial charge in [-0.05, 0) is 18.2 Å². The van der Waals surface area contributed by atoms with Gasteiger partial charge in [0, 0.05) is 23.0 Å². The van der Waals surface area contributed by atoms with Crippen molar-refractivity contribution in [3.05, 3.63) is 52.0 Å². The smallest absolute Gasteiger partial charge is 0.155 e. The van der Waals surface area contributed by atoms with Crippen LogP contribution in [0.5, 0.6) is 0 Å². The first-order valence-electron chi connectivity index (χ1n) is 4.22. The fourth-order valence-corrected chi connectivity index (χ4v) is 1.72. The number of nitrogens with one attached hydrogen (secondary N) is 2. The molecule has 0 unspecified atom stereocenters. The fraction of sp³-hybridized carbons (Fsp3) is 0. The zero-order valence-corrected chi connectivity index (χ0v) is 9.10. The van der Waals surface area contributed by atoms with Crippen LogP contribution in [0.4, 0.5) is 0 Å². The largest absolute Gasteiger partial charge is 0.343 e. The molecule has 3 nitrogen and oxygen atoms in total. The molecule has 1 heterocycles. The highest BCUT2D eigenvalue weighted by atomic mass is 35.5. The maximum atomic E-state index is 7.88. The molecule has 1 aromatic carbocycles. The van der Waals surface area contributed by atoms with Gasteiger partial charge in [0.25, 0.3) is 0 Å². The van der Waals surface area contributed by atoms with Crippen LogP contribution in [0.2, 0.25) is 10.0 Å². The minimum atomic E-state index is 0.252. The minimum absolute atomic E-state index is 0.252. The Kier molecular flexibility index (Phi) is 2.75. The van der Waals surface area contributed by atoms with Gasteiger partial charge in [-0.3, -0.25) is 5.41 Å². The van der Waals surface area contributed by atoms with E-state index in [-0.39, 0.29) is 5.71 Å². The molecular formula is C10H7Cl2N3. The van der Waals surface area contributed by atoms with E-state index in [1.807, 2.05) is 0 Å². The molecule has 0 aliphatic rings. The quantitative estimate of drug-likeness (QED) is 0.778. The maximum absolute atomic E-state index is 7.88. The average Bonchev–Trinajstić information content (AvgIpc) is 2.69. The maximum Gasteiger partial charge on any atom is 0.155 e. The number of aromatic nitrogens is 2. The number of nitrogens with zero attached hydrogens (tertiary/aromatic N) is 1. The van der Waals surface area contributed by atoms with Gasteiger partial charge in [0.15, 0.2) is 5.82 Å². The summed E-state index contributed by atoms with van der Waals surface area (Å²) in [4.78, 5) is 6.83. The van der Waals surface area contributed by atoms with Crippen molar-refractivity contribution < 1.29 is 0 Å². The van der Waals surface area contributed by atoms with Crippen LogP contribution in [-0.2, 0) is 0 Å². The minimum Gasteiger partial charge on any atom is -0.343 e. The van der Waals surface area contributed by atoms with Crippen LogP contribution in [-0.4, -0.2) is 15.7 Å².